The summed E-state index contributed by atoms with van der Waals surface area (Å²) in [6.45, 7) is -0.961. The molecule has 0 spiro atoms. The summed E-state index contributed by atoms with van der Waals surface area (Å²) in [5, 5.41) is 77.0. The molecular weight excluding hydrogens is 416 g/mol. The number of esters is 1. The molecular formula is C12H20O15S. The summed E-state index contributed by atoms with van der Waals surface area (Å²) in [4.78, 5) is 8.45. The van der Waals surface area contributed by atoms with Crippen molar-refractivity contribution in [2.24, 2.45) is 0 Å². The van der Waals surface area contributed by atoms with Crippen molar-refractivity contribution in [3.8, 4) is 0 Å². The molecule has 0 unspecified atom stereocenters. The van der Waals surface area contributed by atoms with Gasteiger partial charge in [-0.2, -0.15) is 8.42 Å². The van der Waals surface area contributed by atoms with Gasteiger partial charge in [0.05, 0.1) is 6.61 Å². The first-order chi connectivity index (χ1) is 12.8. The van der Waals surface area contributed by atoms with Gasteiger partial charge in [0.15, 0.2) is 18.7 Å². The van der Waals surface area contributed by atoms with Crippen molar-refractivity contribution in [3.05, 3.63) is 0 Å². The van der Waals surface area contributed by atoms with Crippen LogP contribution in [0.25, 0.3) is 0 Å². The molecule has 0 saturated carbocycles. The molecule has 10 atom stereocenters. The summed E-state index contributed by atoms with van der Waals surface area (Å²) in [6, 6.07) is 0. The Morgan fingerprint density at radius 1 is 0.964 bits per heavy atom. The molecule has 16 heteroatoms. The number of aliphatic hydroxyl groups is 8. The minimum atomic E-state index is -5.74. The van der Waals surface area contributed by atoms with Gasteiger partial charge >= 0.3 is 16.1 Å². The molecule has 2 aliphatic rings. The maximum absolute atomic E-state index is 12.3. The van der Waals surface area contributed by atoms with Crippen LogP contribution in [0.3, 0.4) is 0 Å². The molecule has 0 radical (unpaired) electrons. The van der Waals surface area contributed by atoms with Gasteiger partial charge in [0, 0.05) is 0 Å². The number of ether oxygens (including phenoxy) is 3. The number of carbonyl (C=O) groups excluding carboxylic acids is 1. The van der Waals surface area contributed by atoms with Crippen LogP contribution in [0.1, 0.15) is 0 Å². The molecule has 0 aromatic heterocycles. The minimum Gasteiger partial charge on any atom is -0.455 e. The Morgan fingerprint density at radius 2 is 1.50 bits per heavy atom. The van der Waals surface area contributed by atoms with E-state index in [-0.39, 0.29) is 0 Å². The van der Waals surface area contributed by atoms with Crippen molar-refractivity contribution < 1.29 is 72.8 Å². The number of aliphatic hydroxyl groups excluding tert-OH is 7. The third-order valence-electron chi connectivity index (χ3n) is 4.41. The highest BCUT2D eigenvalue weighted by molar-refractivity contribution is 7.87. The fourth-order valence-corrected chi connectivity index (χ4v) is 3.66. The van der Waals surface area contributed by atoms with Gasteiger partial charge in [0.2, 0.25) is 6.10 Å². The molecule has 0 amide bonds. The summed E-state index contributed by atoms with van der Waals surface area (Å²) < 4.78 is 46.1. The lowest BCUT2D eigenvalue weighted by molar-refractivity contribution is -0.308. The van der Waals surface area contributed by atoms with Gasteiger partial charge in [-0.15, -0.1) is 0 Å². The zero-order valence-electron chi connectivity index (χ0n) is 13.8. The number of rotatable bonds is 4. The van der Waals surface area contributed by atoms with E-state index in [4.69, 9.17) is 4.74 Å². The number of hydrogen-bond acceptors (Lipinski definition) is 14. The van der Waals surface area contributed by atoms with Crippen LogP contribution in [0, 0.1) is 0 Å². The first kappa shape index (κ1) is 23.3. The monoisotopic (exact) mass is 436 g/mol. The summed E-state index contributed by atoms with van der Waals surface area (Å²) in [7, 11) is -5.74. The van der Waals surface area contributed by atoms with Gasteiger partial charge in [-0.05, 0) is 0 Å². The molecule has 0 aromatic carbocycles. The maximum Gasteiger partial charge on any atom is 0.340 e. The normalized spacial score (nSPS) is 47.5. The van der Waals surface area contributed by atoms with Crippen LogP contribution < -0.4 is 0 Å². The summed E-state index contributed by atoms with van der Waals surface area (Å²) in [5.74, 6) is -1.90. The zero-order valence-corrected chi connectivity index (χ0v) is 14.6. The molecule has 28 heavy (non-hydrogen) atoms. The summed E-state index contributed by atoms with van der Waals surface area (Å²) in [5.41, 5.74) is 0. The van der Waals surface area contributed by atoms with E-state index in [9.17, 15) is 58.6 Å². The molecule has 2 rings (SSSR count). The van der Waals surface area contributed by atoms with Crippen LogP contribution >= 0.6 is 0 Å². The molecule has 2 aliphatic heterocycles. The second-order valence-electron chi connectivity index (χ2n) is 6.20. The van der Waals surface area contributed by atoms with E-state index in [1.807, 2.05) is 0 Å². The third-order valence-corrected chi connectivity index (χ3v) is 5.69. The second-order valence-corrected chi connectivity index (χ2v) is 7.80. The standard InChI is InChI=1S/C12H20O15S/c13-1-2-6(3(14)4(15)9(18)25-2)26-11(20)8-12(21,28(22,23)24)7(17)5(16)10(19)27-8/h2-10,13-19,21H,1H2,(H,22,23,24)/t2-,3-,4-,5-,6+,7-,8-,9+,10-,12-/m1/s1. The van der Waals surface area contributed by atoms with Crippen molar-refractivity contribution >= 4 is 16.1 Å². The van der Waals surface area contributed by atoms with Crippen molar-refractivity contribution in [2.75, 3.05) is 6.61 Å². The Morgan fingerprint density at radius 3 is 2.00 bits per heavy atom. The van der Waals surface area contributed by atoms with Gasteiger partial charge in [-0.1, -0.05) is 0 Å². The molecule has 2 heterocycles. The van der Waals surface area contributed by atoms with Crippen molar-refractivity contribution in [2.45, 2.75) is 60.2 Å². The van der Waals surface area contributed by atoms with Crippen molar-refractivity contribution in [3.63, 3.8) is 0 Å². The number of hydrogen-bond donors (Lipinski definition) is 9. The Balaban J connectivity index is 2.34. The average Bonchev–Trinajstić information content (AvgIpc) is 2.61. The topological polar surface area (TPSA) is 261 Å². The highest BCUT2D eigenvalue weighted by atomic mass is 32.2. The highest BCUT2D eigenvalue weighted by Gasteiger charge is 2.66. The third kappa shape index (κ3) is 3.74. The second kappa shape index (κ2) is 8.01. The first-order valence-corrected chi connectivity index (χ1v) is 9.11. The quantitative estimate of drug-likeness (QED) is 0.146. The van der Waals surface area contributed by atoms with Gasteiger partial charge < -0.3 is 55.1 Å². The van der Waals surface area contributed by atoms with Gasteiger partial charge in [0.25, 0.3) is 4.93 Å². The van der Waals surface area contributed by atoms with Crippen molar-refractivity contribution in [1.82, 2.24) is 0 Å². The first-order valence-electron chi connectivity index (χ1n) is 7.67. The van der Waals surface area contributed by atoms with E-state index in [1.165, 1.54) is 0 Å². The summed E-state index contributed by atoms with van der Waals surface area (Å²) in [6.07, 6.45) is -20.2. The van der Waals surface area contributed by atoms with Gasteiger partial charge in [-0.3, -0.25) is 4.55 Å². The fourth-order valence-electron chi connectivity index (χ4n) is 2.79. The fraction of sp³-hybridized carbons (Fsp3) is 0.917. The van der Waals surface area contributed by atoms with E-state index in [1.54, 1.807) is 0 Å². The summed E-state index contributed by atoms with van der Waals surface area (Å²) >= 11 is 0. The minimum absolute atomic E-state index is 0.961. The molecule has 0 aromatic rings. The molecule has 164 valence electrons. The zero-order chi connectivity index (χ0) is 21.6. The predicted molar refractivity (Wildman–Crippen MR) is 79.3 cm³/mol. The Hall–Kier alpha value is -1.02. The maximum atomic E-state index is 12.3. The van der Waals surface area contributed by atoms with Crippen LogP contribution in [-0.4, -0.2) is 127 Å². The lowest BCUT2D eigenvalue weighted by Gasteiger charge is -2.44. The van der Waals surface area contributed by atoms with Crippen molar-refractivity contribution in [1.29, 1.82) is 0 Å². The van der Waals surface area contributed by atoms with E-state index in [0.29, 0.717) is 0 Å². The van der Waals surface area contributed by atoms with E-state index in [0.717, 1.165) is 0 Å². The van der Waals surface area contributed by atoms with Gasteiger partial charge in [0.1, 0.15) is 30.5 Å². The lowest BCUT2D eigenvalue weighted by atomic mass is 9.97. The van der Waals surface area contributed by atoms with E-state index in [2.05, 4.69) is 9.47 Å². The van der Waals surface area contributed by atoms with Crippen LogP contribution in [0.15, 0.2) is 0 Å². The van der Waals surface area contributed by atoms with Crippen LogP contribution in [0.2, 0.25) is 0 Å². The molecule has 0 aliphatic carbocycles. The molecule has 0 bridgehead atoms. The van der Waals surface area contributed by atoms with E-state index >= 15 is 0 Å². The SMILES string of the molecule is O=C(O[C@@H]1[C@H](O)[C@@H](O)[C@@H](O)O[C@@H]1CO)[C@H]1O[C@@H](O)[C@H](O)[C@@H](O)[C@@]1(O)S(=O)(=O)O. The van der Waals surface area contributed by atoms with Crippen LogP contribution in [0.5, 0.6) is 0 Å². The van der Waals surface area contributed by atoms with E-state index < -0.39 is 82.9 Å². The van der Waals surface area contributed by atoms with Crippen LogP contribution in [-0.2, 0) is 29.1 Å². The lowest BCUT2D eigenvalue weighted by Crippen LogP contribution is -2.71. The Kier molecular flexibility index (Phi) is 6.66. The number of carbonyl (C=O) groups is 1. The Bertz CT molecular complexity index is 681. The molecule has 2 fully saturated rings. The highest BCUT2D eigenvalue weighted by Crippen LogP contribution is 2.35. The van der Waals surface area contributed by atoms with Crippen LogP contribution in [0.4, 0.5) is 0 Å². The predicted octanol–water partition coefficient (Wildman–Crippen LogP) is -6.66. The van der Waals surface area contributed by atoms with Gasteiger partial charge in [-0.25, -0.2) is 4.79 Å². The smallest absolute Gasteiger partial charge is 0.340 e. The molecule has 9 N–H and O–H groups in total. The Labute approximate surface area is 156 Å². The largest absolute Gasteiger partial charge is 0.455 e. The molecule has 15 nitrogen and oxygen atoms in total. The molecule has 2 saturated heterocycles. The average molecular weight is 436 g/mol.